The lowest BCUT2D eigenvalue weighted by atomic mass is 9.87. The molecule has 0 spiro atoms. The number of hydrogen-bond donors (Lipinski definition) is 1. The molecule has 18 heavy (non-hydrogen) atoms. The summed E-state index contributed by atoms with van der Waals surface area (Å²) in [5.41, 5.74) is 2.58. The van der Waals surface area contributed by atoms with E-state index in [2.05, 4.69) is 5.10 Å². The monoisotopic (exact) mass is 246 g/mol. The van der Waals surface area contributed by atoms with Gasteiger partial charge in [-0.15, -0.1) is 0 Å². The average molecular weight is 246 g/mol. The highest BCUT2D eigenvalue weighted by atomic mass is 19.1. The maximum atomic E-state index is 13.8. The Morgan fingerprint density at radius 1 is 1.39 bits per heavy atom. The summed E-state index contributed by atoms with van der Waals surface area (Å²) >= 11 is 0. The molecule has 0 amide bonds. The van der Waals surface area contributed by atoms with Crippen LogP contribution in [0.1, 0.15) is 30.0 Å². The maximum absolute atomic E-state index is 13.8. The minimum atomic E-state index is -0.269. The van der Waals surface area contributed by atoms with Crippen LogP contribution < -0.4 is 0 Å². The van der Waals surface area contributed by atoms with Crippen LogP contribution in [0, 0.1) is 5.82 Å². The van der Waals surface area contributed by atoms with Crippen LogP contribution in [-0.2, 0) is 6.42 Å². The van der Waals surface area contributed by atoms with Gasteiger partial charge >= 0.3 is 0 Å². The van der Waals surface area contributed by atoms with Crippen molar-refractivity contribution >= 4 is 0 Å². The Labute approximate surface area is 105 Å². The minimum Gasteiger partial charge on any atom is -0.396 e. The Balaban J connectivity index is 2.10. The Hall–Kier alpha value is -1.68. The molecular weight excluding hydrogens is 231 g/mol. The lowest BCUT2D eigenvalue weighted by molar-refractivity contribution is 0.252. The first-order valence-electron chi connectivity index (χ1n) is 6.24. The molecule has 1 atom stereocenters. The molecule has 0 radical (unpaired) electrons. The van der Waals surface area contributed by atoms with E-state index >= 15 is 0 Å². The van der Waals surface area contributed by atoms with Crippen molar-refractivity contribution in [2.45, 2.75) is 25.2 Å². The average Bonchev–Trinajstić information content (AvgIpc) is 2.83. The fourth-order valence-electron chi connectivity index (χ4n) is 2.67. The van der Waals surface area contributed by atoms with E-state index in [4.69, 9.17) is 0 Å². The fraction of sp³-hybridized carbons (Fsp3) is 0.357. The molecule has 0 saturated heterocycles. The van der Waals surface area contributed by atoms with E-state index in [0.717, 1.165) is 30.5 Å². The summed E-state index contributed by atoms with van der Waals surface area (Å²) in [6.45, 7) is 0.135. The molecule has 4 heteroatoms. The number of hydrogen-bond acceptors (Lipinski definition) is 2. The van der Waals surface area contributed by atoms with Gasteiger partial charge in [-0.05, 0) is 37.0 Å². The first-order valence-corrected chi connectivity index (χ1v) is 6.24. The van der Waals surface area contributed by atoms with Gasteiger partial charge in [0.05, 0.1) is 12.8 Å². The second-order valence-electron chi connectivity index (χ2n) is 4.68. The zero-order valence-electron chi connectivity index (χ0n) is 10.0. The normalized spacial score (nSPS) is 18.7. The van der Waals surface area contributed by atoms with Crippen LogP contribution in [0.2, 0.25) is 0 Å². The first kappa shape index (κ1) is 11.4. The van der Waals surface area contributed by atoms with Gasteiger partial charge in [-0.25, -0.2) is 9.07 Å². The molecule has 0 fully saturated rings. The van der Waals surface area contributed by atoms with Gasteiger partial charge in [0.1, 0.15) is 11.5 Å². The summed E-state index contributed by atoms with van der Waals surface area (Å²) in [4.78, 5) is 0. The van der Waals surface area contributed by atoms with Gasteiger partial charge < -0.3 is 5.11 Å². The van der Waals surface area contributed by atoms with Crippen LogP contribution >= 0.6 is 0 Å². The van der Waals surface area contributed by atoms with Gasteiger partial charge in [0.2, 0.25) is 0 Å². The zero-order chi connectivity index (χ0) is 12.5. The third kappa shape index (κ3) is 1.73. The van der Waals surface area contributed by atoms with Crippen LogP contribution in [0.5, 0.6) is 0 Å². The van der Waals surface area contributed by atoms with E-state index in [1.54, 1.807) is 29.1 Å². The van der Waals surface area contributed by atoms with Crippen molar-refractivity contribution in [2.24, 2.45) is 0 Å². The molecule has 0 saturated carbocycles. The Morgan fingerprint density at radius 2 is 2.22 bits per heavy atom. The third-order valence-corrected chi connectivity index (χ3v) is 3.61. The molecule has 94 valence electrons. The zero-order valence-corrected chi connectivity index (χ0v) is 10.0. The summed E-state index contributed by atoms with van der Waals surface area (Å²) < 4.78 is 15.5. The highest BCUT2D eigenvalue weighted by Crippen LogP contribution is 2.32. The largest absolute Gasteiger partial charge is 0.396 e. The van der Waals surface area contributed by atoms with Crippen LogP contribution in [-0.4, -0.2) is 21.5 Å². The smallest absolute Gasteiger partial charge is 0.148 e. The van der Waals surface area contributed by atoms with E-state index in [-0.39, 0.29) is 18.3 Å². The van der Waals surface area contributed by atoms with E-state index in [1.807, 2.05) is 0 Å². The highest BCUT2D eigenvalue weighted by Gasteiger charge is 2.24. The van der Waals surface area contributed by atoms with Crippen LogP contribution in [0.4, 0.5) is 4.39 Å². The molecule has 1 N–H and O–H groups in total. The Bertz CT molecular complexity index is 565. The fourth-order valence-corrected chi connectivity index (χ4v) is 2.67. The van der Waals surface area contributed by atoms with Crippen molar-refractivity contribution in [3.8, 4) is 5.69 Å². The molecule has 0 aliphatic heterocycles. The molecular formula is C14H15FN2O. The summed E-state index contributed by atoms with van der Waals surface area (Å²) in [7, 11) is 0. The SMILES string of the molecule is OC[C@H]1CCCc2c1cnn2-c1ccccc1F. The Morgan fingerprint density at radius 3 is 3.00 bits per heavy atom. The first-order chi connectivity index (χ1) is 8.81. The number of benzene rings is 1. The summed E-state index contributed by atoms with van der Waals surface area (Å²) in [5.74, 6) is -0.121. The number of rotatable bonds is 2. The number of aliphatic hydroxyl groups is 1. The molecule has 3 rings (SSSR count). The van der Waals surface area contributed by atoms with Crippen molar-refractivity contribution in [3.63, 3.8) is 0 Å². The second-order valence-corrected chi connectivity index (χ2v) is 4.68. The summed E-state index contributed by atoms with van der Waals surface area (Å²) in [6.07, 6.45) is 4.65. The molecule has 0 unspecified atom stereocenters. The van der Waals surface area contributed by atoms with Crippen molar-refractivity contribution in [3.05, 3.63) is 47.5 Å². The van der Waals surface area contributed by atoms with E-state index < -0.39 is 0 Å². The minimum absolute atomic E-state index is 0.135. The lowest BCUT2D eigenvalue weighted by Gasteiger charge is -2.21. The summed E-state index contributed by atoms with van der Waals surface area (Å²) in [5, 5.41) is 13.7. The number of para-hydroxylation sites is 1. The predicted octanol–water partition coefficient (Wildman–Crippen LogP) is 2.42. The van der Waals surface area contributed by atoms with Crippen molar-refractivity contribution in [1.29, 1.82) is 0 Å². The predicted molar refractivity (Wildman–Crippen MR) is 66.3 cm³/mol. The lowest BCUT2D eigenvalue weighted by Crippen LogP contribution is -2.14. The second kappa shape index (κ2) is 4.53. The van der Waals surface area contributed by atoms with Gasteiger partial charge in [-0.1, -0.05) is 12.1 Å². The number of aliphatic hydroxyl groups excluding tert-OH is 1. The Kier molecular flexibility index (Phi) is 2.88. The van der Waals surface area contributed by atoms with Crippen molar-refractivity contribution in [2.75, 3.05) is 6.61 Å². The van der Waals surface area contributed by atoms with Gasteiger partial charge in [0.25, 0.3) is 0 Å². The molecule has 1 aromatic heterocycles. The maximum Gasteiger partial charge on any atom is 0.148 e. The number of halogens is 1. The molecule has 2 aromatic rings. The van der Waals surface area contributed by atoms with Crippen LogP contribution in [0.15, 0.2) is 30.5 Å². The van der Waals surface area contributed by atoms with Crippen molar-refractivity contribution in [1.82, 2.24) is 9.78 Å². The topological polar surface area (TPSA) is 38.1 Å². The van der Waals surface area contributed by atoms with Crippen molar-refractivity contribution < 1.29 is 9.50 Å². The third-order valence-electron chi connectivity index (χ3n) is 3.61. The van der Waals surface area contributed by atoms with Gasteiger partial charge in [0.15, 0.2) is 0 Å². The van der Waals surface area contributed by atoms with E-state index in [9.17, 15) is 9.50 Å². The molecule has 1 aliphatic rings. The van der Waals surface area contributed by atoms with Crippen LogP contribution in [0.25, 0.3) is 5.69 Å². The van der Waals surface area contributed by atoms with E-state index in [0.29, 0.717) is 5.69 Å². The number of nitrogens with zero attached hydrogens (tertiary/aromatic N) is 2. The molecule has 3 nitrogen and oxygen atoms in total. The molecule has 1 aromatic carbocycles. The van der Waals surface area contributed by atoms with Gasteiger partial charge in [0, 0.05) is 11.6 Å². The highest BCUT2D eigenvalue weighted by molar-refractivity contribution is 5.38. The quantitative estimate of drug-likeness (QED) is 0.883. The van der Waals surface area contributed by atoms with Gasteiger partial charge in [-0.3, -0.25) is 0 Å². The molecule has 1 heterocycles. The number of aromatic nitrogens is 2. The van der Waals surface area contributed by atoms with Gasteiger partial charge in [-0.2, -0.15) is 5.10 Å². The molecule has 1 aliphatic carbocycles. The standard InChI is InChI=1S/C14H15FN2O/c15-12-5-1-2-6-14(12)17-13-7-3-4-10(9-18)11(13)8-16-17/h1-2,5-6,8,10,18H,3-4,7,9H2/t10-/m1/s1. The van der Waals surface area contributed by atoms with E-state index in [1.165, 1.54) is 6.07 Å². The molecule has 0 bridgehead atoms. The van der Waals surface area contributed by atoms with Crippen LogP contribution in [0.3, 0.4) is 0 Å². The summed E-state index contributed by atoms with van der Waals surface area (Å²) in [6, 6.07) is 6.64. The number of fused-ring (bicyclic) bond motifs is 1.